The van der Waals surface area contributed by atoms with Gasteiger partial charge in [0.25, 0.3) is 0 Å². The lowest BCUT2D eigenvalue weighted by Crippen LogP contribution is -2.19. The van der Waals surface area contributed by atoms with Gasteiger partial charge in [0.15, 0.2) is 5.17 Å². The van der Waals surface area contributed by atoms with Gasteiger partial charge < -0.3 is 10.0 Å². The van der Waals surface area contributed by atoms with Crippen LogP contribution < -0.4 is 0 Å². The van der Waals surface area contributed by atoms with Crippen LogP contribution in [-0.4, -0.2) is 34.9 Å². The summed E-state index contributed by atoms with van der Waals surface area (Å²) in [6.45, 7) is 4.01. The van der Waals surface area contributed by atoms with Gasteiger partial charge >= 0.3 is 0 Å². The van der Waals surface area contributed by atoms with Crippen molar-refractivity contribution < 1.29 is 5.11 Å². The maximum Gasteiger partial charge on any atom is 0.168 e. The molecule has 0 saturated carbocycles. The summed E-state index contributed by atoms with van der Waals surface area (Å²) in [6.07, 6.45) is 0. The number of aliphatic hydroxyl groups is 1. The van der Waals surface area contributed by atoms with Crippen LogP contribution in [0.5, 0.6) is 0 Å². The maximum absolute atomic E-state index is 9.63. The van der Waals surface area contributed by atoms with Gasteiger partial charge in [0, 0.05) is 16.1 Å². The van der Waals surface area contributed by atoms with Crippen LogP contribution in [0.3, 0.4) is 0 Å². The van der Waals surface area contributed by atoms with Crippen LogP contribution >= 0.6 is 35.5 Å². The lowest BCUT2D eigenvalue weighted by Gasteiger charge is -2.15. The van der Waals surface area contributed by atoms with E-state index in [2.05, 4.69) is 41.1 Å². The molecule has 3 heterocycles. The van der Waals surface area contributed by atoms with Crippen molar-refractivity contribution in [2.24, 2.45) is 4.99 Å². The number of hydrogen-bond acceptors (Lipinski definition) is 5. The van der Waals surface area contributed by atoms with Crippen LogP contribution in [0.25, 0.3) is 15.8 Å². The van der Waals surface area contributed by atoms with Gasteiger partial charge in [-0.3, -0.25) is 4.99 Å². The first-order valence-corrected chi connectivity index (χ1v) is 8.24. The number of fused-ring (bicyclic) bond motifs is 2. The zero-order valence-electron chi connectivity index (χ0n) is 11.5. The predicted molar refractivity (Wildman–Crippen MR) is 94.4 cm³/mol. The molecule has 2 aliphatic heterocycles. The van der Waals surface area contributed by atoms with Crippen LogP contribution in [0.2, 0.25) is 0 Å². The van der Waals surface area contributed by atoms with Crippen molar-refractivity contribution in [2.45, 2.75) is 6.92 Å². The Labute approximate surface area is 137 Å². The van der Waals surface area contributed by atoms with E-state index in [4.69, 9.17) is 0 Å². The van der Waals surface area contributed by atoms with E-state index in [0.29, 0.717) is 0 Å². The summed E-state index contributed by atoms with van der Waals surface area (Å²) >= 11 is 3.41. The number of rotatable bonds is 2. The molecule has 1 aromatic heterocycles. The number of halogens is 1. The number of thioether (sulfide) groups is 1. The summed E-state index contributed by atoms with van der Waals surface area (Å²) in [5, 5.41) is 12.0. The largest absolute Gasteiger partial charge is 0.391 e. The van der Waals surface area contributed by atoms with Gasteiger partial charge in [-0.15, -0.1) is 23.7 Å². The van der Waals surface area contributed by atoms with Crippen molar-refractivity contribution in [3.05, 3.63) is 39.6 Å². The molecule has 2 aromatic rings. The SMILES string of the molecule is Cc1cccc2sc(C3=C(CO)SC4=NCCN43)cc12.Cl. The smallest absolute Gasteiger partial charge is 0.168 e. The minimum atomic E-state index is 0. The Morgan fingerprint density at radius 3 is 3.00 bits per heavy atom. The number of amidine groups is 1. The molecule has 0 unspecified atom stereocenters. The maximum atomic E-state index is 9.63. The molecule has 3 nitrogen and oxygen atoms in total. The highest BCUT2D eigenvalue weighted by Gasteiger charge is 2.33. The molecule has 1 aromatic carbocycles. The third kappa shape index (κ3) is 2.28. The standard InChI is InChI=1S/C15H14N2OS2.ClH/c1-9-3-2-4-11-10(9)7-12(19-11)14-13(8-18)20-15-16-5-6-17(14)15;/h2-4,7,18H,5-6,8H2,1H3;1H. The van der Waals surface area contributed by atoms with Gasteiger partial charge in [-0.05, 0) is 30.0 Å². The minimum Gasteiger partial charge on any atom is -0.391 e. The first kappa shape index (κ1) is 14.9. The van der Waals surface area contributed by atoms with E-state index in [9.17, 15) is 5.11 Å². The molecule has 0 atom stereocenters. The normalized spacial score (nSPS) is 17.2. The van der Waals surface area contributed by atoms with Crippen LogP contribution in [0, 0.1) is 6.92 Å². The Morgan fingerprint density at radius 2 is 2.24 bits per heavy atom. The number of aliphatic hydroxyl groups excluding tert-OH is 1. The zero-order chi connectivity index (χ0) is 13.7. The summed E-state index contributed by atoms with van der Waals surface area (Å²) in [7, 11) is 0. The van der Waals surface area contributed by atoms with Crippen molar-refractivity contribution in [3.8, 4) is 0 Å². The summed E-state index contributed by atoms with van der Waals surface area (Å²) < 4.78 is 1.30. The summed E-state index contributed by atoms with van der Waals surface area (Å²) in [4.78, 5) is 9.00. The molecule has 21 heavy (non-hydrogen) atoms. The number of aryl methyl sites for hydroxylation is 1. The summed E-state index contributed by atoms with van der Waals surface area (Å²) in [5.41, 5.74) is 2.46. The van der Waals surface area contributed by atoms with E-state index >= 15 is 0 Å². The third-order valence-electron chi connectivity index (χ3n) is 3.71. The van der Waals surface area contributed by atoms with Crippen molar-refractivity contribution in [1.29, 1.82) is 0 Å². The molecule has 0 saturated heterocycles. The third-order valence-corrected chi connectivity index (χ3v) is 5.91. The van der Waals surface area contributed by atoms with Crippen molar-refractivity contribution in [2.75, 3.05) is 19.7 Å². The van der Waals surface area contributed by atoms with Crippen molar-refractivity contribution in [3.63, 3.8) is 0 Å². The fourth-order valence-corrected chi connectivity index (χ4v) is 5.07. The Morgan fingerprint density at radius 1 is 1.38 bits per heavy atom. The number of thiophene rings is 1. The fourth-order valence-electron chi connectivity index (χ4n) is 2.73. The Bertz CT molecular complexity index is 766. The van der Waals surface area contributed by atoms with Crippen molar-refractivity contribution >= 4 is 56.5 Å². The molecular weight excluding hydrogens is 324 g/mol. The van der Waals surface area contributed by atoms with Crippen LogP contribution in [0.4, 0.5) is 0 Å². The molecule has 0 aliphatic carbocycles. The van der Waals surface area contributed by atoms with E-state index in [1.54, 1.807) is 23.1 Å². The van der Waals surface area contributed by atoms with Crippen molar-refractivity contribution in [1.82, 2.24) is 4.90 Å². The summed E-state index contributed by atoms with van der Waals surface area (Å²) in [6, 6.07) is 8.66. The first-order chi connectivity index (χ1) is 9.78. The Balaban J connectivity index is 0.00000132. The second-order valence-corrected chi connectivity index (χ2v) is 7.09. The zero-order valence-corrected chi connectivity index (χ0v) is 13.9. The Kier molecular flexibility index (Phi) is 4.01. The molecule has 0 radical (unpaired) electrons. The molecule has 0 bridgehead atoms. The highest BCUT2D eigenvalue weighted by Crippen LogP contribution is 2.44. The van der Waals surface area contributed by atoms with E-state index in [1.807, 2.05) is 0 Å². The molecule has 1 N–H and O–H groups in total. The number of aliphatic imine (C=N–C) groups is 1. The topological polar surface area (TPSA) is 35.8 Å². The van der Waals surface area contributed by atoms with Gasteiger partial charge in [-0.1, -0.05) is 23.9 Å². The van der Waals surface area contributed by atoms with Crippen LogP contribution in [0.15, 0.2) is 34.2 Å². The van der Waals surface area contributed by atoms with E-state index in [1.165, 1.54) is 20.5 Å². The molecule has 110 valence electrons. The van der Waals surface area contributed by atoms with E-state index < -0.39 is 0 Å². The van der Waals surface area contributed by atoms with E-state index in [-0.39, 0.29) is 19.0 Å². The lowest BCUT2D eigenvalue weighted by atomic mass is 10.1. The molecule has 0 spiro atoms. The number of nitrogens with zero attached hydrogens (tertiary/aromatic N) is 2. The minimum absolute atomic E-state index is 0. The molecule has 0 amide bonds. The van der Waals surface area contributed by atoms with Gasteiger partial charge in [-0.25, -0.2) is 0 Å². The van der Waals surface area contributed by atoms with Gasteiger partial charge in [0.1, 0.15) is 0 Å². The molecule has 4 rings (SSSR count). The highest BCUT2D eigenvalue weighted by atomic mass is 35.5. The second-order valence-electron chi connectivity index (χ2n) is 4.95. The molecular formula is C15H15ClN2OS2. The first-order valence-electron chi connectivity index (χ1n) is 6.61. The molecule has 2 aliphatic rings. The highest BCUT2D eigenvalue weighted by molar-refractivity contribution is 8.17. The fraction of sp³-hybridized carbons (Fsp3) is 0.267. The quantitative estimate of drug-likeness (QED) is 0.906. The van der Waals surface area contributed by atoms with Gasteiger partial charge in [0.2, 0.25) is 0 Å². The number of hydrogen-bond donors (Lipinski definition) is 1. The average Bonchev–Trinajstić information content (AvgIpc) is 3.10. The van der Waals surface area contributed by atoms with Crippen LogP contribution in [0.1, 0.15) is 10.4 Å². The predicted octanol–water partition coefficient (Wildman–Crippen LogP) is 3.71. The number of benzene rings is 1. The second kappa shape index (κ2) is 5.65. The monoisotopic (exact) mass is 338 g/mol. The summed E-state index contributed by atoms with van der Waals surface area (Å²) in [5.74, 6) is 0. The lowest BCUT2D eigenvalue weighted by molar-refractivity contribution is 0.339. The van der Waals surface area contributed by atoms with Gasteiger partial charge in [0.05, 0.1) is 23.7 Å². The molecule has 6 heteroatoms. The average molecular weight is 339 g/mol. The molecule has 0 fully saturated rings. The Hall–Kier alpha value is -1.01. The van der Waals surface area contributed by atoms with Crippen LogP contribution in [-0.2, 0) is 0 Å². The van der Waals surface area contributed by atoms with E-state index in [0.717, 1.165) is 28.9 Å². The van der Waals surface area contributed by atoms with Gasteiger partial charge in [-0.2, -0.15) is 0 Å².